The fourth-order valence-electron chi connectivity index (χ4n) is 2.48. The van der Waals surface area contributed by atoms with Gasteiger partial charge in [-0.1, -0.05) is 23.7 Å². The summed E-state index contributed by atoms with van der Waals surface area (Å²) in [5.74, 6) is 0.0314. The molecule has 0 spiro atoms. The second kappa shape index (κ2) is 6.60. The zero-order valence-electron chi connectivity index (χ0n) is 11.4. The van der Waals surface area contributed by atoms with E-state index < -0.39 is 0 Å². The van der Waals surface area contributed by atoms with E-state index in [1.54, 1.807) is 6.07 Å². The Bertz CT molecular complexity index is 455. The Balaban J connectivity index is 0.00000180. The third kappa shape index (κ3) is 3.62. The van der Waals surface area contributed by atoms with Crippen molar-refractivity contribution in [1.82, 2.24) is 10.2 Å². The Morgan fingerprint density at radius 2 is 1.89 bits per heavy atom. The van der Waals surface area contributed by atoms with Crippen molar-refractivity contribution in [2.24, 2.45) is 0 Å². The summed E-state index contributed by atoms with van der Waals surface area (Å²) in [7, 11) is 0. The van der Waals surface area contributed by atoms with E-state index in [-0.39, 0.29) is 18.3 Å². The van der Waals surface area contributed by atoms with Crippen molar-refractivity contribution >= 4 is 29.9 Å². The lowest BCUT2D eigenvalue weighted by molar-refractivity contribution is 0.0674. The lowest BCUT2D eigenvalue weighted by Crippen LogP contribution is -2.55. The van der Waals surface area contributed by atoms with E-state index in [2.05, 4.69) is 19.2 Å². The highest BCUT2D eigenvalue weighted by Gasteiger charge is 2.26. The summed E-state index contributed by atoms with van der Waals surface area (Å²) in [4.78, 5) is 14.4. The maximum atomic E-state index is 12.5. The Morgan fingerprint density at radius 1 is 1.32 bits per heavy atom. The average Bonchev–Trinajstić information content (AvgIpc) is 2.30. The first-order valence-electron chi connectivity index (χ1n) is 6.29. The minimum atomic E-state index is 0. The number of hydrogen-bond acceptors (Lipinski definition) is 2. The molecule has 1 heterocycles. The number of halogens is 2. The molecule has 1 aliphatic rings. The van der Waals surface area contributed by atoms with Crippen molar-refractivity contribution in [3.63, 3.8) is 0 Å². The van der Waals surface area contributed by atoms with Gasteiger partial charge >= 0.3 is 0 Å². The number of amides is 1. The van der Waals surface area contributed by atoms with Crippen LogP contribution in [0.2, 0.25) is 5.02 Å². The van der Waals surface area contributed by atoms with Gasteiger partial charge in [0.15, 0.2) is 0 Å². The van der Waals surface area contributed by atoms with Gasteiger partial charge in [0, 0.05) is 25.2 Å². The summed E-state index contributed by atoms with van der Waals surface area (Å²) in [6.45, 7) is 7.56. The van der Waals surface area contributed by atoms with Crippen LogP contribution >= 0.6 is 24.0 Å². The van der Waals surface area contributed by atoms with Gasteiger partial charge in [0.25, 0.3) is 5.91 Å². The number of rotatable bonds is 1. The number of carbonyl (C=O) groups excluding carboxylic acids is 1. The minimum absolute atomic E-state index is 0. The van der Waals surface area contributed by atoms with Gasteiger partial charge in [0.05, 0.1) is 10.6 Å². The summed E-state index contributed by atoms with van der Waals surface area (Å²) in [6.07, 6.45) is 0. The zero-order valence-corrected chi connectivity index (χ0v) is 13.0. The zero-order chi connectivity index (χ0) is 13.3. The monoisotopic (exact) mass is 302 g/mol. The molecular formula is C14H20Cl2N2O. The summed E-state index contributed by atoms with van der Waals surface area (Å²) in [6, 6.07) is 6.24. The largest absolute Gasteiger partial charge is 0.335 e. The maximum absolute atomic E-state index is 12.5. The topological polar surface area (TPSA) is 32.3 Å². The van der Waals surface area contributed by atoms with Crippen LogP contribution in [0.5, 0.6) is 0 Å². The van der Waals surface area contributed by atoms with E-state index in [9.17, 15) is 4.79 Å². The van der Waals surface area contributed by atoms with Crippen LogP contribution in [0.25, 0.3) is 0 Å². The molecule has 1 fully saturated rings. The number of hydrogen-bond donors (Lipinski definition) is 1. The van der Waals surface area contributed by atoms with Gasteiger partial charge in [-0.25, -0.2) is 0 Å². The Morgan fingerprint density at radius 3 is 2.47 bits per heavy atom. The third-order valence-corrected chi connectivity index (χ3v) is 3.77. The summed E-state index contributed by atoms with van der Waals surface area (Å²) < 4.78 is 0. The quantitative estimate of drug-likeness (QED) is 0.865. The number of aryl methyl sites for hydroxylation is 1. The summed E-state index contributed by atoms with van der Waals surface area (Å²) >= 11 is 6.22. The van der Waals surface area contributed by atoms with Crippen LogP contribution in [0, 0.1) is 6.92 Å². The second-order valence-corrected chi connectivity index (χ2v) is 5.49. The number of nitrogens with one attached hydrogen (secondary N) is 1. The predicted octanol–water partition coefficient (Wildman–Crippen LogP) is 2.89. The highest BCUT2D eigenvalue weighted by atomic mass is 35.5. The Kier molecular flexibility index (Phi) is 5.65. The van der Waals surface area contributed by atoms with Crippen LogP contribution in [0.3, 0.4) is 0 Å². The highest BCUT2D eigenvalue weighted by molar-refractivity contribution is 6.34. The lowest BCUT2D eigenvalue weighted by Gasteiger charge is -2.36. The first kappa shape index (κ1) is 16.3. The smallest absolute Gasteiger partial charge is 0.255 e. The molecule has 1 aromatic rings. The molecule has 0 aromatic heterocycles. The van der Waals surface area contributed by atoms with Gasteiger partial charge in [-0.2, -0.15) is 0 Å². The molecule has 1 aromatic carbocycles. The molecule has 1 amide bonds. The van der Waals surface area contributed by atoms with E-state index in [1.807, 2.05) is 24.0 Å². The summed E-state index contributed by atoms with van der Waals surface area (Å²) in [5.41, 5.74) is 1.55. The molecular weight excluding hydrogens is 283 g/mol. The number of nitrogens with zero attached hydrogens (tertiary/aromatic N) is 1. The normalized spacial score (nSPS) is 22.8. The molecule has 2 unspecified atom stereocenters. The Labute approximate surface area is 125 Å². The van der Waals surface area contributed by atoms with E-state index >= 15 is 0 Å². The molecule has 5 heteroatoms. The van der Waals surface area contributed by atoms with Crippen molar-refractivity contribution < 1.29 is 4.79 Å². The molecule has 0 bridgehead atoms. The van der Waals surface area contributed by atoms with E-state index in [1.165, 1.54) is 0 Å². The van der Waals surface area contributed by atoms with Crippen LogP contribution in [-0.2, 0) is 0 Å². The van der Waals surface area contributed by atoms with Gasteiger partial charge in [0.1, 0.15) is 0 Å². The molecule has 2 rings (SSSR count). The van der Waals surface area contributed by atoms with Crippen LogP contribution in [0.4, 0.5) is 0 Å². The molecule has 106 valence electrons. The number of piperazine rings is 1. The molecule has 1 aliphatic heterocycles. The van der Waals surface area contributed by atoms with Crippen molar-refractivity contribution in [2.45, 2.75) is 32.9 Å². The van der Waals surface area contributed by atoms with Crippen LogP contribution in [0.15, 0.2) is 18.2 Å². The average molecular weight is 303 g/mol. The van der Waals surface area contributed by atoms with Gasteiger partial charge in [0.2, 0.25) is 0 Å². The van der Waals surface area contributed by atoms with Crippen molar-refractivity contribution in [3.8, 4) is 0 Å². The first-order valence-corrected chi connectivity index (χ1v) is 6.67. The van der Waals surface area contributed by atoms with Gasteiger partial charge in [-0.05, 0) is 32.4 Å². The maximum Gasteiger partial charge on any atom is 0.255 e. The molecule has 0 radical (unpaired) electrons. The highest BCUT2D eigenvalue weighted by Crippen LogP contribution is 2.22. The first-order chi connectivity index (χ1) is 8.49. The fraction of sp³-hybridized carbons (Fsp3) is 0.500. The molecule has 2 atom stereocenters. The minimum Gasteiger partial charge on any atom is -0.335 e. The predicted molar refractivity (Wildman–Crippen MR) is 81.4 cm³/mol. The fourth-order valence-corrected chi connectivity index (χ4v) is 2.68. The SMILES string of the molecule is Cc1cccc(C(=O)N2CC(C)NC(C)C2)c1Cl.Cl. The van der Waals surface area contributed by atoms with Gasteiger partial charge < -0.3 is 10.2 Å². The second-order valence-electron chi connectivity index (χ2n) is 5.12. The molecule has 0 saturated carbocycles. The van der Waals surface area contributed by atoms with Crippen LogP contribution in [-0.4, -0.2) is 36.0 Å². The van der Waals surface area contributed by atoms with E-state index in [4.69, 9.17) is 11.6 Å². The molecule has 1 N–H and O–H groups in total. The number of benzene rings is 1. The van der Waals surface area contributed by atoms with Gasteiger partial charge in [-0.3, -0.25) is 4.79 Å². The molecule has 19 heavy (non-hydrogen) atoms. The van der Waals surface area contributed by atoms with Crippen molar-refractivity contribution in [3.05, 3.63) is 34.3 Å². The number of carbonyl (C=O) groups is 1. The standard InChI is InChI=1S/C14H19ClN2O.ClH/c1-9-5-4-6-12(13(9)15)14(18)17-7-10(2)16-11(3)8-17;/h4-6,10-11,16H,7-8H2,1-3H3;1H. The van der Waals surface area contributed by atoms with Gasteiger partial charge in [-0.15, -0.1) is 12.4 Å². The Hall–Kier alpha value is -0.770. The van der Waals surface area contributed by atoms with Crippen LogP contribution in [0.1, 0.15) is 29.8 Å². The lowest BCUT2D eigenvalue weighted by atomic mass is 10.1. The van der Waals surface area contributed by atoms with E-state index in [0.29, 0.717) is 22.7 Å². The van der Waals surface area contributed by atoms with Crippen molar-refractivity contribution in [1.29, 1.82) is 0 Å². The third-order valence-electron chi connectivity index (χ3n) is 3.27. The van der Waals surface area contributed by atoms with Crippen LogP contribution < -0.4 is 5.32 Å². The summed E-state index contributed by atoms with van der Waals surface area (Å²) in [5, 5.41) is 3.99. The van der Waals surface area contributed by atoms with Crippen molar-refractivity contribution in [2.75, 3.05) is 13.1 Å². The molecule has 1 saturated heterocycles. The molecule has 0 aliphatic carbocycles. The molecule has 3 nitrogen and oxygen atoms in total. The van der Waals surface area contributed by atoms with E-state index in [0.717, 1.165) is 18.7 Å².